The predicted molar refractivity (Wildman–Crippen MR) is 50.6 cm³/mol. The molecule has 66 valence electrons. The molecule has 0 N–H and O–H groups in total. The van der Waals surface area contributed by atoms with Gasteiger partial charge in [-0.15, -0.1) is 11.6 Å². The Hall–Kier alpha value is 0.310. The fourth-order valence-corrected chi connectivity index (χ4v) is 5.25. The highest BCUT2D eigenvalue weighted by molar-refractivity contribution is 8.00. The summed E-state index contributed by atoms with van der Waals surface area (Å²) in [6, 6.07) is 0. The van der Waals surface area contributed by atoms with Crippen molar-refractivity contribution in [3.05, 3.63) is 0 Å². The minimum Gasteiger partial charge on any atom is -0.299 e. The van der Waals surface area contributed by atoms with E-state index in [1.54, 1.807) is 0 Å². The van der Waals surface area contributed by atoms with Crippen LogP contribution in [0.15, 0.2) is 0 Å². The van der Waals surface area contributed by atoms with E-state index in [4.69, 9.17) is 11.6 Å². The molecule has 3 heteroatoms. The molecular formula is C9H11ClOS. The molecule has 3 bridgehead atoms. The number of ketones is 1. The Bertz CT molecular complexity index is 243. The molecule has 3 rings (SSSR count). The molecule has 0 aromatic heterocycles. The zero-order valence-corrected chi connectivity index (χ0v) is 8.27. The van der Waals surface area contributed by atoms with Gasteiger partial charge in [-0.25, -0.2) is 0 Å². The minimum atomic E-state index is 0.145. The quantitative estimate of drug-likeness (QED) is 0.560. The number of fused-ring (bicyclic) bond motifs is 2. The first-order valence-corrected chi connectivity index (χ1v) is 5.98. The largest absolute Gasteiger partial charge is 0.299 e. The topological polar surface area (TPSA) is 17.1 Å². The molecule has 1 saturated carbocycles. The van der Waals surface area contributed by atoms with Gasteiger partial charge in [0, 0.05) is 22.3 Å². The number of hydrogen-bond donors (Lipinski definition) is 0. The van der Waals surface area contributed by atoms with Crippen molar-refractivity contribution >= 4 is 29.1 Å². The fraction of sp³-hybridized carbons (Fsp3) is 0.889. The zero-order chi connectivity index (χ0) is 8.29. The van der Waals surface area contributed by atoms with E-state index in [-0.39, 0.29) is 11.3 Å². The van der Waals surface area contributed by atoms with Gasteiger partial charge in [-0.1, -0.05) is 0 Å². The van der Waals surface area contributed by atoms with Crippen molar-refractivity contribution < 1.29 is 4.79 Å². The van der Waals surface area contributed by atoms with Gasteiger partial charge >= 0.3 is 0 Å². The molecule has 1 aliphatic carbocycles. The van der Waals surface area contributed by atoms with E-state index in [0.717, 1.165) is 12.8 Å². The zero-order valence-electron chi connectivity index (χ0n) is 6.70. The van der Waals surface area contributed by atoms with Crippen molar-refractivity contribution in [1.82, 2.24) is 0 Å². The molecule has 2 heterocycles. The number of carbonyl (C=O) groups excluding carboxylic acids is 1. The minimum absolute atomic E-state index is 0.145. The number of hydrogen-bond acceptors (Lipinski definition) is 2. The van der Waals surface area contributed by atoms with Crippen LogP contribution in [0.4, 0.5) is 0 Å². The maximum atomic E-state index is 11.8. The summed E-state index contributed by atoms with van der Waals surface area (Å²) in [5.41, 5.74) is 0. The van der Waals surface area contributed by atoms with Crippen molar-refractivity contribution in [2.24, 2.45) is 11.8 Å². The molecule has 2 saturated heterocycles. The monoisotopic (exact) mass is 202 g/mol. The van der Waals surface area contributed by atoms with Crippen LogP contribution >= 0.6 is 23.4 Å². The van der Waals surface area contributed by atoms with Gasteiger partial charge in [0.05, 0.1) is 5.38 Å². The van der Waals surface area contributed by atoms with E-state index in [1.165, 1.54) is 6.42 Å². The Morgan fingerprint density at radius 1 is 1.25 bits per heavy atom. The Kier molecular flexibility index (Phi) is 1.55. The number of Topliss-reactive ketones (excluding diaryl/α,β-unsaturated/α-hetero) is 1. The average Bonchev–Trinajstić information content (AvgIpc) is 2.33. The average molecular weight is 203 g/mol. The van der Waals surface area contributed by atoms with Crippen LogP contribution < -0.4 is 0 Å². The molecule has 2 aliphatic heterocycles. The molecule has 1 nitrogen and oxygen atoms in total. The second kappa shape index (κ2) is 2.42. The van der Waals surface area contributed by atoms with Gasteiger partial charge in [-0.3, -0.25) is 4.79 Å². The summed E-state index contributed by atoms with van der Waals surface area (Å²) in [5, 5.41) is 1.36. The number of thioether (sulfide) groups is 1. The summed E-state index contributed by atoms with van der Waals surface area (Å²) in [6.07, 6.45) is 3.35. The Balaban J connectivity index is 2.04. The van der Waals surface area contributed by atoms with E-state index in [1.807, 2.05) is 11.8 Å². The summed E-state index contributed by atoms with van der Waals surface area (Å²) in [5.74, 6) is 1.07. The normalized spacial score (nSPS) is 56.4. The van der Waals surface area contributed by atoms with Gasteiger partial charge in [0.1, 0.15) is 5.78 Å². The summed E-state index contributed by atoms with van der Waals surface area (Å²) < 4.78 is 0. The number of carbonyl (C=O) groups is 1. The van der Waals surface area contributed by atoms with Crippen LogP contribution in [0, 0.1) is 11.8 Å². The van der Waals surface area contributed by atoms with Crippen molar-refractivity contribution in [1.29, 1.82) is 0 Å². The van der Waals surface area contributed by atoms with Gasteiger partial charge in [-0.05, 0) is 19.3 Å². The molecule has 12 heavy (non-hydrogen) atoms. The Morgan fingerprint density at radius 3 is 2.92 bits per heavy atom. The number of rotatable bonds is 0. The molecule has 5 atom stereocenters. The third-order valence-corrected chi connectivity index (χ3v) is 6.02. The second-order valence-electron chi connectivity index (χ2n) is 4.09. The van der Waals surface area contributed by atoms with Gasteiger partial charge in [-0.2, -0.15) is 11.8 Å². The Morgan fingerprint density at radius 2 is 2.08 bits per heavy atom. The third kappa shape index (κ3) is 0.805. The standard InChI is InChI=1S/C9H11ClOS/c10-8-5-3-7-4(9(5)11)1-2-6(8)12-7/h4-8H,1-3H2. The lowest BCUT2D eigenvalue weighted by Gasteiger charge is -2.35. The lowest BCUT2D eigenvalue weighted by Crippen LogP contribution is -2.33. The molecule has 3 aliphatic rings. The van der Waals surface area contributed by atoms with Crippen LogP contribution in [-0.2, 0) is 4.79 Å². The van der Waals surface area contributed by atoms with Crippen molar-refractivity contribution in [2.45, 2.75) is 35.1 Å². The van der Waals surface area contributed by atoms with Crippen molar-refractivity contribution in [3.8, 4) is 0 Å². The van der Waals surface area contributed by atoms with Gasteiger partial charge in [0.2, 0.25) is 0 Å². The highest BCUT2D eigenvalue weighted by Gasteiger charge is 2.54. The van der Waals surface area contributed by atoms with Crippen LogP contribution in [0.3, 0.4) is 0 Å². The Labute approximate surface area is 81.2 Å². The lowest BCUT2D eigenvalue weighted by atomic mass is 9.98. The first-order chi connectivity index (χ1) is 5.77. The van der Waals surface area contributed by atoms with E-state index in [2.05, 4.69) is 0 Å². The van der Waals surface area contributed by atoms with Crippen LogP contribution in [0.25, 0.3) is 0 Å². The van der Waals surface area contributed by atoms with E-state index < -0.39 is 0 Å². The van der Waals surface area contributed by atoms with E-state index in [9.17, 15) is 4.79 Å². The third-order valence-electron chi connectivity index (χ3n) is 3.52. The highest BCUT2D eigenvalue weighted by atomic mass is 35.5. The van der Waals surface area contributed by atoms with Gasteiger partial charge in [0.15, 0.2) is 0 Å². The maximum Gasteiger partial charge on any atom is 0.141 e. The van der Waals surface area contributed by atoms with Crippen LogP contribution in [0.1, 0.15) is 19.3 Å². The van der Waals surface area contributed by atoms with Crippen molar-refractivity contribution in [3.63, 3.8) is 0 Å². The number of halogens is 1. The van der Waals surface area contributed by atoms with Crippen LogP contribution in [0.5, 0.6) is 0 Å². The van der Waals surface area contributed by atoms with Crippen molar-refractivity contribution in [2.75, 3.05) is 0 Å². The molecule has 0 spiro atoms. The molecule has 3 fully saturated rings. The fourth-order valence-electron chi connectivity index (χ4n) is 2.88. The number of alkyl halides is 1. The first-order valence-electron chi connectivity index (χ1n) is 4.60. The molecule has 0 aromatic rings. The smallest absolute Gasteiger partial charge is 0.141 e. The second-order valence-corrected chi connectivity index (χ2v) is 6.07. The van der Waals surface area contributed by atoms with Gasteiger partial charge in [0.25, 0.3) is 0 Å². The molecular weight excluding hydrogens is 192 g/mol. The summed E-state index contributed by atoms with van der Waals surface area (Å²) in [4.78, 5) is 11.8. The van der Waals surface area contributed by atoms with Crippen LogP contribution in [-0.4, -0.2) is 21.7 Å². The summed E-state index contributed by atoms with van der Waals surface area (Å²) in [6.45, 7) is 0. The summed E-state index contributed by atoms with van der Waals surface area (Å²) >= 11 is 8.24. The van der Waals surface area contributed by atoms with Gasteiger partial charge < -0.3 is 0 Å². The molecule has 0 aromatic carbocycles. The SMILES string of the molecule is O=C1C2CCC3SC2CC1C3Cl. The summed E-state index contributed by atoms with van der Waals surface area (Å²) in [7, 11) is 0. The van der Waals surface area contributed by atoms with E-state index >= 15 is 0 Å². The first kappa shape index (κ1) is 7.69. The molecule has 0 amide bonds. The maximum absolute atomic E-state index is 11.8. The molecule has 0 radical (unpaired) electrons. The van der Waals surface area contributed by atoms with E-state index in [0.29, 0.717) is 22.2 Å². The highest BCUT2D eigenvalue weighted by Crippen LogP contribution is 2.55. The van der Waals surface area contributed by atoms with Crippen LogP contribution in [0.2, 0.25) is 0 Å². The lowest BCUT2D eigenvalue weighted by molar-refractivity contribution is -0.123. The predicted octanol–water partition coefficient (Wildman–Crippen LogP) is 2.08. The molecule has 5 unspecified atom stereocenters.